The molecule has 0 aliphatic rings. The van der Waals surface area contributed by atoms with E-state index in [9.17, 15) is 9.59 Å². The molecule has 0 spiro atoms. The Balaban J connectivity index is 2.61. The quantitative estimate of drug-likeness (QED) is 0.461. The Kier molecular flexibility index (Phi) is 6.21. The molecule has 0 unspecified atom stereocenters. The molecular weight excluding hydrogens is 354 g/mol. The number of nitrogens with one attached hydrogen (secondary N) is 1. The van der Waals surface area contributed by atoms with Gasteiger partial charge in [0.25, 0.3) is 5.91 Å². The maximum Gasteiger partial charge on any atom is 0.340 e. The third-order valence-corrected chi connectivity index (χ3v) is 3.98. The summed E-state index contributed by atoms with van der Waals surface area (Å²) in [6.07, 6.45) is 1.71. The summed E-state index contributed by atoms with van der Waals surface area (Å²) < 4.78 is 5.14. The van der Waals surface area contributed by atoms with Crippen LogP contribution in [0.3, 0.4) is 0 Å². The van der Waals surface area contributed by atoms with Gasteiger partial charge in [0, 0.05) is 22.8 Å². The maximum atomic E-state index is 12.4. The van der Waals surface area contributed by atoms with Gasteiger partial charge in [-0.25, -0.2) is 4.79 Å². The van der Waals surface area contributed by atoms with Crippen molar-refractivity contribution in [2.45, 2.75) is 20.3 Å². The summed E-state index contributed by atoms with van der Waals surface area (Å²) in [5.41, 5.74) is 7.89. The summed E-state index contributed by atoms with van der Waals surface area (Å²) in [5, 5.41) is 9.67. The van der Waals surface area contributed by atoms with Gasteiger partial charge in [-0.15, -0.1) is 0 Å². The first-order chi connectivity index (χ1) is 12.4. The highest BCUT2D eigenvalue weighted by Gasteiger charge is 2.22. The Morgan fingerprint density at radius 3 is 2.73 bits per heavy atom. The number of esters is 1. The van der Waals surface area contributed by atoms with Gasteiger partial charge in [-0.2, -0.15) is 5.26 Å². The van der Waals surface area contributed by atoms with Crippen molar-refractivity contribution in [3.05, 3.63) is 62.9 Å². The van der Waals surface area contributed by atoms with Crippen molar-refractivity contribution in [3.8, 4) is 6.07 Å². The number of amides is 1. The van der Waals surface area contributed by atoms with E-state index in [1.807, 2.05) is 6.07 Å². The van der Waals surface area contributed by atoms with Crippen molar-refractivity contribution in [2.75, 3.05) is 6.61 Å². The molecule has 6 nitrogen and oxygen atoms in total. The zero-order chi connectivity index (χ0) is 19.3. The van der Waals surface area contributed by atoms with Crippen molar-refractivity contribution < 1.29 is 14.3 Å². The van der Waals surface area contributed by atoms with E-state index in [1.165, 1.54) is 6.08 Å². The first kappa shape index (κ1) is 19.3. The Morgan fingerprint density at radius 1 is 1.42 bits per heavy atom. The molecule has 2 rings (SSSR count). The summed E-state index contributed by atoms with van der Waals surface area (Å²) in [6.45, 7) is 3.68. The SMILES string of the molecule is CCOC(=O)c1c(C)[nH]c(/C=C(\C#N)C(N)=O)c1Cc1cccc(Cl)c1. The minimum atomic E-state index is -0.842. The molecule has 0 saturated heterocycles. The fourth-order valence-electron chi connectivity index (χ4n) is 2.64. The van der Waals surface area contributed by atoms with Crippen molar-refractivity contribution in [1.29, 1.82) is 5.26 Å². The van der Waals surface area contributed by atoms with Gasteiger partial charge in [-0.05, 0) is 43.2 Å². The predicted molar refractivity (Wildman–Crippen MR) is 98.5 cm³/mol. The van der Waals surface area contributed by atoms with E-state index in [-0.39, 0.29) is 12.2 Å². The van der Waals surface area contributed by atoms with Gasteiger partial charge >= 0.3 is 5.97 Å². The molecule has 0 bridgehead atoms. The van der Waals surface area contributed by atoms with E-state index < -0.39 is 11.9 Å². The fourth-order valence-corrected chi connectivity index (χ4v) is 2.85. The zero-order valence-electron chi connectivity index (χ0n) is 14.4. The maximum absolute atomic E-state index is 12.4. The number of nitrogens with zero attached hydrogens (tertiary/aromatic N) is 1. The van der Waals surface area contributed by atoms with Crippen molar-refractivity contribution in [1.82, 2.24) is 4.98 Å². The largest absolute Gasteiger partial charge is 0.462 e. The van der Waals surface area contributed by atoms with Crippen LogP contribution in [0.2, 0.25) is 5.02 Å². The fraction of sp³-hybridized carbons (Fsp3) is 0.211. The molecule has 1 aromatic heterocycles. The Morgan fingerprint density at radius 2 is 2.15 bits per heavy atom. The number of aromatic nitrogens is 1. The molecule has 1 heterocycles. The van der Waals surface area contributed by atoms with Gasteiger partial charge < -0.3 is 15.5 Å². The molecule has 0 fully saturated rings. The Bertz CT molecular complexity index is 923. The standard InChI is InChI=1S/C19H18ClN3O3/c1-3-26-19(25)17-11(2)23-16(9-13(10-21)18(22)24)15(17)8-12-5-4-6-14(20)7-12/h4-7,9,23H,3,8H2,1-2H3,(H2,22,24)/b13-9+. The molecule has 0 atom stereocenters. The van der Waals surface area contributed by atoms with E-state index in [0.29, 0.717) is 34.0 Å². The average molecular weight is 372 g/mol. The number of aryl methyl sites for hydroxylation is 1. The molecule has 0 aliphatic carbocycles. The van der Waals surface area contributed by atoms with Crippen LogP contribution in [0, 0.1) is 18.3 Å². The lowest BCUT2D eigenvalue weighted by atomic mass is 9.99. The molecule has 26 heavy (non-hydrogen) atoms. The minimum Gasteiger partial charge on any atom is -0.462 e. The van der Waals surface area contributed by atoms with Crippen LogP contribution in [0.25, 0.3) is 6.08 Å². The van der Waals surface area contributed by atoms with Gasteiger partial charge in [-0.3, -0.25) is 4.79 Å². The molecule has 0 radical (unpaired) electrons. The Hall–Kier alpha value is -3.04. The summed E-state index contributed by atoms with van der Waals surface area (Å²) >= 11 is 6.04. The number of hydrogen-bond donors (Lipinski definition) is 2. The number of rotatable bonds is 6. The van der Waals surface area contributed by atoms with E-state index in [2.05, 4.69) is 4.98 Å². The van der Waals surface area contributed by atoms with Gasteiger partial charge in [0.05, 0.1) is 12.2 Å². The van der Waals surface area contributed by atoms with Crippen LogP contribution in [-0.2, 0) is 16.0 Å². The van der Waals surface area contributed by atoms with Crippen molar-refractivity contribution in [2.24, 2.45) is 5.73 Å². The molecule has 7 heteroatoms. The molecule has 1 amide bonds. The number of hydrogen-bond acceptors (Lipinski definition) is 4. The van der Waals surface area contributed by atoms with E-state index >= 15 is 0 Å². The molecule has 3 N–H and O–H groups in total. The normalized spacial score (nSPS) is 11.1. The number of primary amides is 1. The molecule has 0 saturated carbocycles. The van der Waals surface area contributed by atoms with Crippen LogP contribution in [0.4, 0.5) is 0 Å². The number of aromatic amines is 1. The highest BCUT2D eigenvalue weighted by Crippen LogP contribution is 2.26. The van der Waals surface area contributed by atoms with E-state index in [1.54, 1.807) is 38.1 Å². The first-order valence-electron chi connectivity index (χ1n) is 7.92. The van der Waals surface area contributed by atoms with Crippen molar-refractivity contribution in [3.63, 3.8) is 0 Å². The molecular formula is C19H18ClN3O3. The number of carbonyl (C=O) groups is 2. The monoisotopic (exact) mass is 371 g/mol. The summed E-state index contributed by atoms with van der Waals surface area (Å²) in [4.78, 5) is 26.8. The summed E-state index contributed by atoms with van der Waals surface area (Å²) in [6, 6.07) is 8.97. The summed E-state index contributed by atoms with van der Waals surface area (Å²) in [5.74, 6) is -1.32. The average Bonchev–Trinajstić information content (AvgIpc) is 2.87. The number of H-pyrrole nitrogens is 1. The van der Waals surface area contributed by atoms with Crippen LogP contribution >= 0.6 is 11.6 Å². The molecule has 134 valence electrons. The smallest absolute Gasteiger partial charge is 0.340 e. The lowest BCUT2D eigenvalue weighted by Gasteiger charge is -2.07. The highest BCUT2D eigenvalue weighted by molar-refractivity contribution is 6.30. The molecule has 2 aromatic rings. The molecule has 1 aromatic carbocycles. The lowest BCUT2D eigenvalue weighted by molar-refractivity contribution is -0.114. The van der Waals surface area contributed by atoms with Crippen LogP contribution in [0.15, 0.2) is 29.8 Å². The van der Waals surface area contributed by atoms with Crippen LogP contribution in [0.1, 0.15) is 39.8 Å². The second kappa shape index (κ2) is 8.37. The Labute approximate surface area is 156 Å². The van der Waals surface area contributed by atoms with Gasteiger partial charge in [-0.1, -0.05) is 23.7 Å². The van der Waals surface area contributed by atoms with Crippen LogP contribution in [-0.4, -0.2) is 23.5 Å². The number of nitrogens with two attached hydrogens (primary N) is 1. The predicted octanol–water partition coefficient (Wildman–Crippen LogP) is 3.14. The summed E-state index contributed by atoms with van der Waals surface area (Å²) in [7, 11) is 0. The van der Waals surface area contributed by atoms with E-state index in [0.717, 1.165) is 5.56 Å². The molecule has 0 aliphatic heterocycles. The second-order valence-corrected chi connectivity index (χ2v) is 6.01. The third-order valence-electron chi connectivity index (χ3n) is 3.75. The highest BCUT2D eigenvalue weighted by atomic mass is 35.5. The third kappa shape index (κ3) is 4.32. The van der Waals surface area contributed by atoms with Gasteiger partial charge in [0.1, 0.15) is 11.6 Å². The number of halogens is 1. The van der Waals surface area contributed by atoms with Crippen molar-refractivity contribution >= 4 is 29.6 Å². The van der Waals surface area contributed by atoms with Crippen LogP contribution < -0.4 is 5.73 Å². The van der Waals surface area contributed by atoms with Gasteiger partial charge in [0.2, 0.25) is 0 Å². The topological polar surface area (TPSA) is 109 Å². The number of nitriles is 1. The van der Waals surface area contributed by atoms with Crippen LogP contribution in [0.5, 0.6) is 0 Å². The number of benzene rings is 1. The minimum absolute atomic E-state index is 0.214. The van der Waals surface area contributed by atoms with Gasteiger partial charge in [0.15, 0.2) is 0 Å². The number of ether oxygens (including phenoxy) is 1. The zero-order valence-corrected chi connectivity index (χ0v) is 15.2. The van der Waals surface area contributed by atoms with E-state index in [4.69, 9.17) is 27.3 Å². The first-order valence-corrected chi connectivity index (χ1v) is 8.29. The number of carbonyl (C=O) groups excluding carboxylic acids is 2. The second-order valence-electron chi connectivity index (χ2n) is 5.58. The lowest BCUT2D eigenvalue weighted by Crippen LogP contribution is -2.12.